The normalized spacial score (nSPS) is 10.3. The highest BCUT2D eigenvalue weighted by Crippen LogP contribution is 2.22. The summed E-state index contributed by atoms with van der Waals surface area (Å²) in [5, 5.41) is 9.95. The van der Waals surface area contributed by atoms with E-state index in [1.807, 2.05) is 31.2 Å². The molecule has 2 aromatic rings. The minimum absolute atomic E-state index is 0.464. The second-order valence-electron chi connectivity index (χ2n) is 4.93. The molecule has 0 aliphatic carbocycles. The van der Waals surface area contributed by atoms with Crippen molar-refractivity contribution in [2.24, 2.45) is 0 Å². The molecule has 0 aliphatic rings. The highest BCUT2D eigenvalue weighted by Gasteiger charge is 2.10. The second kappa shape index (κ2) is 7.80. The van der Waals surface area contributed by atoms with Crippen molar-refractivity contribution in [1.29, 1.82) is 5.26 Å². The molecule has 0 fully saturated rings. The van der Waals surface area contributed by atoms with Crippen LogP contribution in [0.1, 0.15) is 34.5 Å². The number of hydrogen-bond acceptors (Lipinski definition) is 4. The Bertz CT molecular complexity index is 628. The van der Waals surface area contributed by atoms with E-state index in [1.165, 1.54) is 0 Å². The molecule has 0 aliphatic heterocycles. The van der Waals surface area contributed by atoms with E-state index in [0.717, 1.165) is 46.2 Å². The minimum Gasteiger partial charge on any atom is -0.493 e. The number of hydrogen-bond donors (Lipinski definition) is 0. The lowest BCUT2D eigenvalue weighted by molar-refractivity contribution is 0.319. The molecule has 1 heterocycles. The fourth-order valence-electron chi connectivity index (χ4n) is 2.15. The first-order chi connectivity index (χ1) is 10.2. The van der Waals surface area contributed by atoms with Crippen molar-refractivity contribution in [2.75, 3.05) is 6.61 Å². The molecule has 2 rings (SSSR count). The summed E-state index contributed by atoms with van der Waals surface area (Å²) in [6, 6.07) is 10.2. The zero-order valence-corrected chi connectivity index (χ0v) is 13.4. The van der Waals surface area contributed by atoms with E-state index in [0.29, 0.717) is 13.0 Å². The Hall–Kier alpha value is -1.86. The molecule has 1 aromatic heterocycles. The van der Waals surface area contributed by atoms with E-state index < -0.39 is 0 Å². The summed E-state index contributed by atoms with van der Waals surface area (Å²) in [7, 11) is 0. The van der Waals surface area contributed by atoms with E-state index in [1.54, 1.807) is 11.3 Å². The standard InChI is InChI=1S/C17H20N2OS/c1-3-6-14-16(9-11-18)21-17(19-14)10-12-20-15-8-5-4-7-13(15)2/h4-5,7-8H,3,6,9-10,12H2,1-2H3. The van der Waals surface area contributed by atoms with Crippen LogP contribution < -0.4 is 4.74 Å². The Labute approximate surface area is 130 Å². The average molecular weight is 300 g/mol. The molecule has 0 N–H and O–H groups in total. The van der Waals surface area contributed by atoms with Crippen LogP contribution in [-0.4, -0.2) is 11.6 Å². The van der Waals surface area contributed by atoms with Gasteiger partial charge < -0.3 is 4.74 Å². The van der Waals surface area contributed by atoms with Crippen molar-refractivity contribution in [2.45, 2.75) is 39.5 Å². The molecule has 0 amide bonds. The van der Waals surface area contributed by atoms with Crippen molar-refractivity contribution in [3.63, 3.8) is 0 Å². The van der Waals surface area contributed by atoms with Crippen LogP contribution in [0.4, 0.5) is 0 Å². The predicted octanol–water partition coefficient (Wildman–Crippen LogP) is 4.09. The molecule has 0 saturated carbocycles. The second-order valence-corrected chi connectivity index (χ2v) is 6.09. The highest BCUT2D eigenvalue weighted by molar-refractivity contribution is 7.11. The Morgan fingerprint density at radius 2 is 2.10 bits per heavy atom. The van der Waals surface area contributed by atoms with Crippen LogP contribution in [0.15, 0.2) is 24.3 Å². The molecule has 4 heteroatoms. The number of nitrogens with zero attached hydrogens (tertiary/aromatic N) is 2. The maximum Gasteiger partial charge on any atom is 0.122 e. The summed E-state index contributed by atoms with van der Waals surface area (Å²) in [6.45, 7) is 4.80. The van der Waals surface area contributed by atoms with Crippen LogP contribution in [-0.2, 0) is 19.3 Å². The van der Waals surface area contributed by atoms with E-state index in [9.17, 15) is 0 Å². The number of benzene rings is 1. The van der Waals surface area contributed by atoms with Crippen molar-refractivity contribution in [3.8, 4) is 11.8 Å². The monoisotopic (exact) mass is 300 g/mol. The van der Waals surface area contributed by atoms with Crippen LogP contribution in [0.25, 0.3) is 0 Å². The number of para-hydroxylation sites is 1. The first-order valence-electron chi connectivity index (χ1n) is 7.27. The number of nitriles is 1. The van der Waals surface area contributed by atoms with Gasteiger partial charge in [-0.05, 0) is 25.0 Å². The lowest BCUT2D eigenvalue weighted by Crippen LogP contribution is -2.02. The number of aryl methyl sites for hydroxylation is 2. The molecule has 3 nitrogen and oxygen atoms in total. The lowest BCUT2D eigenvalue weighted by atomic mass is 10.2. The maximum absolute atomic E-state index is 8.88. The minimum atomic E-state index is 0.464. The molecule has 0 saturated heterocycles. The molecule has 0 atom stereocenters. The first kappa shape index (κ1) is 15.5. The molecule has 0 bridgehead atoms. The topological polar surface area (TPSA) is 45.9 Å². The molecular weight excluding hydrogens is 280 g/mol. The Morgan fingerprint density at radius 3 is 2.81 bits per heavy atom. The third-order valence-corrected chi connectivity index (χ3v) is 4.37. The molecule has 0 spiro atoms. The van der Waals surface area contributed by atoms with Crippen molar-refractivity contribution >= 4 is 11.3 Å². The zero-order valence-electron chi connectivity index (χ0n) is 12.6. The van der Waals surface area contributed by atoms with Gasteiger partial charge in [0.25, 0.3) is 0 Å². The van der Waals surface area contributed by atoms with Crippen LogP contribution in [0.5, 0.6) is 5.75 Å². The molecule has 0 radical (unpaired) electrons. The maximum atomic E-state index is 8.88. The fraction of sp³-hybridized carbons (Fsp3) is 0.412. The number of thiazole rings is 1. The number of ether oxygens (including phenoxy) is 1. The summed E-state index contributed by atoms with van der Waals surface area (Å²) >= 11 is 1.65. The molecule has 110 valence electrons. The summed E-state index contributed by atoms with van der Waals surface area (Å²) < 4.78 is 5.81. The first-order valence-corrected chi connectivity index (χ1v) is 8.09. The Kier molecular flexibility index (Phi) is 5.77. The van der Waals surface area contributed by atoms with Gasteiger partial charge in [-0.15, -0.1) is 11.3 Å². The SMILES string of the molecule is CCCc1nc(CCOc2ccccc2C)sc1CC#N. The fourth-order valence-corrected chi connectivity index (χ4v) is 3.18. The summed E-state index contributed by atoms with van der Waals surface area (Å²) in [5.41, 5.74) is 2.24. The quantitative estimate of drug-likeness (QED) is 0.773. The smallest absolute Gasteiger partial charge is 0.122 e. The van der Waals surface area contributed by atoms with Crippen LogP contribution in [0, 0.1) is 18.3 Å². The van der Waals surface area contributed by atoms with Crippen molar-refractivity contribution < 1.29 is 4.74 Å². The van der Waals surface area contributed by atoms with Gasteiger partial charge in [-0.3, -0.25) is 0 Å². The molecular formula is C17H20N2OS. The van der Waals surface area contributed by atoms with Gasteiger partial charge in [0.1, 0.15) is 5.75 Å². The van der Waals surface area contributed by atoms with E-state index in [4.69, 9.17) is 10.00 Å². The number of aromatic nitrogens is 1. The third-order valence-electron chi connectivity index (χ3n) is 3.22. The Morgan fingerprint density at radius 1 is 1.29 bits per heavy atom. The van der Waals surface area contributed by atoms with Gasteiger partial charge in [0.2, 0.25) is 0 Å². The summed E-state index contributed by atoms with van der Waals surface area (Å²) in [4.78, 5) is 5.78. The van der Waals surface area contributed by atoms with Gasteiger partial charge in [-0.1, -0.05) is 31.5 Å². The van der Waals surface area contributed by atoms with Gasteiger partial charge in [0.15, 0.2) is 0 Å². The lowest BCUT2D eigenvalue weighted by Gasteiger charge is -2.07. The van der Waals surface area contributed by atoms with Crippen LogP contribution >= 0.6 is 11.3 Å². The molecule has 1 aromatic carbocycles. The van der Waals surface area contributed by atoms with Gasteiger partial charge >= 0.3 is 0 Å². The van der Waals surface area contributed by atoms with Gasteiger partial charge in [-0.2, -0.15) is 5.26 Å². The number of rotatable bonds is 7. The molecule has 0 unspecified atom stereocenters. The molecule has 21 heavy (non-hydrogen) atoms. The van der Waals surface area contributed by atoms with Gasteiger partial charge in [-0.25, -0.2) is 4.98 Å². The van der Waals surface area contributed by atoms with Gasteiger partial charge in [0.05, 0.1) is 29.8 Å². The van der Waals surface area contributed by atoms with E-state index in [2.05, 4.69) is 18.0 Å². The predicted molar refractivity (Wildman–Crippen MR) is 85.8 cm³/mol. The highest BCUT2D eigenvalue weighted by atomic mass is 32.1. The van der Waals surface area contributed by atoms with Crippen molar-refractivity contribution in [1.82, 2.24) is 4.98 Å². The largest absolute Gasteiger partial charge is 0.493 e. The average Bonchev–Trinajstić information content (AvgIpc) is 2.84. The third kappa shape index (κ3) is 4.30. The van der Waals surface area contributed by atoms with Crippen LogP contribution in [0.3, 0.4) is 0 Å². The van der Waals surface area contributed by atoms with E-state index in [-0.39, 0.29) is 0 Å². The summed E-state index contributed by atoms with van der Waals surface area (Å²) in [5.74, 6) is 0.931. The Balaban J connectivity index is 1.95. The van der Waals surface area contributed by atoms with Crippen molar-refractivity contribution in [3.05, 3.63) is 45.4 Å². The zero-order chi connectivity index (χ0) is 15.1. The van der Waals surface area contributed by atoms with Crippen LogP contribution in [0.2, 0.25) is 0 Å². The summed E-state index contributed by atoms with van der Waals surface area (Å²) in [6.07, 6.45) is 3.26. The van der Waals surface area contributed by atoms with Gasteiger partial charge in [0, 0.05) is 11.3 Å². The van der Waals surface area contributed by atoms with E-state index >= 15 is 0 Å².